The van der Waals surface area contributed by atoms with Gasteiger partial charge in [-0.3, -0.25) is 0 Å². The molecule has 1 fully saturated rings. The molecule has 1 unspecified atom stereocenters. The summed E-state index contributed by atoms with van der Waals surface area (Å²) in [5, 5.41) is 0. The average Bonchev–Trinajstić information content (AvgIpc) is 2.02. The highest BCUT2D eigenvalue weighted by atomic mass is 14.3. The van der Waals surface area contributed by atoms with Crippen LogP contribution in [0.5, 0.6) is 0 Å². The Morgan fingerprint density at radius 3 is 2.38 bits per heavy atom. The summed E-state index contributed by atoms with van der Waals surface area (Å²) < 4.78 is 0. The van der Waals surface area contributed by atoms with Gasteiger partial charge in [0.2, 0.25) is 0 Å². The standard InChI is InChI=1S/C13H20/c1-5-13(11(4)10(2)3)9-12-7-6-8-12/h5,12-13H,1-2,4,6-9H2,3H3. The summed E-state index contributed by atoms with van der Waals surface area (Å²) in [7, 11) is 0. The Balaban J connectivity index is 2.45. The van der Waals surface area contributed by atoms with Crippen LogP contribution in [0.15, 0.2) is 37.0 Å². The van der Waals surface area contributed by atoms with Crippen LogP contribution in [0.1, 0.15) is 32.6 Å². The lowest BCUT2D eigenvalue weighted by Crippen LogP contribution is -2.16. The first-order chi connectivity index (χ1) is 6.15. The van der Waals surface area contributed by atoms with Crippen molar-refractivity contribution in [3.05, 3.63) is 37.0 Å². The fourth-order valence-electron chi connectivity index (χ4n) is 1.78. The zero-order chi connectivity index (χ0) is 9.84. The number of hydrogen-bond acceptors (Lipinski definition) is 0. The van der Waals surface area contributed by atoms with Crippen LogP contribution in [0.2, 0.25) is 0 Å². The van der Waals surface area contributed by atoms with Gasteiger partial charge in [0.25, 0.3) is 0 Å². The van der Waals surface area contributed by atoms with E-state index in [-0.39, 0.29) is 0 Å². The van der Waals surface area contributed by atoms with Crippen molar-refractivity contribution in [2.45, 2.75) is 32.6 Å². The summed E-state index contributed by atoms with van der Waals surface area (Å²) in [6.45, 7) is 13.9. The SMILES string of the molecule is C=CC(CC1CCC1)C(=C)C(=C)C. The van der Waals surface area contributed by atoms with E-state index >= 15 is 0 Å². The lowest BCUT2D eigenvalue weighted by Gasteiger charge is -2.29. The van der Waals surface area contributed by atoms with Gasteiger partial charge in [-0.1, -0.05) is 44.1 Å². The molecule has 0 saturated heterocycles. The van der Waals surface area contributed by atoms with Gasteiger partial charge in [0.1, 0.15) is 0 Å². The van der Waals surface area contributed by atoms with Gasteiger partial charge in [0.05, 0.1) is 0 Å². The zero-order valence-corrected chi connectivity index (χ0v) is 8.68. The Kier molecular flexibility index (Phi) is 3.53. The van der Waals surface area contributed by atoms with Crippen molar-refractivity contribution in [3.63, 3.8) is 0 Å². The second-order valence-corrected chi connectivity index (χ2v) is 4.18. The smallest absolute Gasteiger partial charge is 0.00144 e. The average molecular weight is 176 g/mol. The van der Waals surface area contributed by atoms with E-state index < -0.39 is 0 Å². The topological polar surface area (TPSA) is 0 Å². The Morgan fingerprint density at radius 1 is 1.46 bits per heavy atom. The van der Waals surface area contributed by atoms with Crippen molar-refractivity contribution in [2.75, 3.05) is 0 Å². The molecule has 0 heterocycles. The van der Waals surface area contributed by atoms with Crippen LogP contribution in [-0.2, 0) is 0 Å². The van der Waals surface area contributed by atoms with Gasteiger partial charge >= 0.3 is 0 Å². The van der Waals surface area contributed by atoms with Crippen LogP contribution in [0, 0.1) is 11.8 Å². The first kappa shape index (κ1) is 10.3. The summed E-state index contributed by atoms with van der Waals surface area (Å²) in [6.07, 6.45) is 7.46. The van der Waals surface area contributed by atoms with E-state index in [1.165, 1.54) is 31.3 Å². The molecule has 0 aliphatic heterocycles. The molecule has 13 heavy (non-hydrogen) atoms. The Morgan fingerprint density at radius 2 is 2.08 bits per heavy atom. The van der Waals surface area contributed by atoms with Gasteiger partial charge in [-0.2, -0.15) is 0 Å². The molecule has 0 heteroatoms. The highest BCUT2D eigenvalue weighted by Gasteiger charge is 2.21. The van der Waals surface area contributed by atoms with E-state index in [4.69, 9.17) is 0 Å². The van der Waals surface area contributed by atoms with Crippen molar-refractivity contribution in [3.8, 4) is 0 Å². The minimum atomic E-state index is 0.461. The van der Waals surface area contributed by atoms with E-state index in [0.717, 1.165) is 11.5 Å². The highest BCUT2D eigenvalue weighted by molar-refractivity contribution is 5.28. The predicted octanol–water partition coefficient (Wildman–Crippen LogP) is 4.11. The summed E-state index contributed by atoms with van der Waals surface area (Å²) >= 11 is 0. The molecule has 0 aromatic carbocycles. The molecule has 0 radical (unpaired) electrons. The van der Waals surface area contributed by atoms with Crippen LogP contribution in [0.4, 0.5) is 0 Å². The molecule has 1 saturated carbocycles. The van der Waals surface area contributed by atoms with Crippen LogP contribution in [0.3, 0.4) is 0 Å². The maximum Gasteiger partial charge on any atom is 0.00144 e. The predicted molar refractivity (Wildman–Crippen MR) is 59.6 cm³/mol. The second kappa shape index (κ2) is 4.45. The van der Waals surface area contributed by atoms with Crippen LogP contribution >= 0.6 is 0 Å². The molecular formula is C13H20. The van der Waals surface area contributed by atoms with Crippen LogP contribution < -0.4 is 0 Å². The first-order valence-corrected chi connectivity index (χ1v) is 5.12. The Hall–Kier alpha value is -0.780. The van der Waals surface area contributed by atoms with E-state index in [9.17, 15) is 0 Å². The van der Waals surface area contributed by atoms with Crippen molar-refractivity contribution in [1.82, 2.24) is 0 Å². The largest absolute Gasteiger partial charge is 0.102 e. The molecule has 1 aliphatic rings. The second-order valence-electron chi connectivity index (χ2n) is 4.18. The van der Waals surface area contributed by atoms with Gasteiger partial charge in [0, 0.05) is 5.92 Å². The van der Waals surface area contributed by atoms with Gasteiger partial charge in [-0.15, -0.1) is 6.58 Å². The van der Waals surface area contributed by atoms with Crippen molar-refractivity contribution < 1.29 is 0 Å². The Bertz CT molecular complexity index is 218. The van der Waals surface area contributed by atoms with Crippen molar-refractivity contribution in [2.24, 2.45) is 11.8 Å². The van der Waals surface area contributed by atoms with Crippen molar-refractivity contribution in [1.29, 1.82) is 0 Å². The molecule has 1 rings (SSSR count). The first-order valence-electron chi connectivity index (χ1n) is 5.12. The molecule has 0 spiro atoms. The number of rotatable bonds is 5. The minimum absolute atomic E-state index is 0.461. The Labute approximate surface area is 82.0 Å². The normalized spacial score (nSPS) is 18.8. The summed E-state index contributed by atoms with van der Waals surface area (Å²) in [4.78, 5) is 0. The molecule has 0 aromatic rings. The third kappa shape index (κ3) is 2.58. The molecule has 1 atom stereocenters. The van der Waals surface area contributed by atoms with E-state index in [2.05, 4.69) is 19.7 Å². The van der Waals surface area contributed by atoms with Gasteiger partial charge in [-0.05, 0) is 24.8 Å². The fraction of sp³-hybridized carbons (Fsp3) is 0.538. The van der Waals surface area contributed by atoms with E-state index in [1.807, 2.05) is 13.0 Å². The molecule has 0 bridgehead atoms. The molecule has 0 N–H and O–H groups in total. The van der Waals surface area contributed by atoms with E-state index in [1.54, 1.807) is 0 Å². The van der Waals surface area contributed by atoms with Crippen molar-refractivity contribution >= 4 is 0 Å². The molecule has 0 aromatic heterocycles. The quantitative estimate of drug-likeness (QED) is 0.437. The third-order valence-electron chi connectivity index (χ3n) is 3.09. The lowest BCUT2D eigenvalue weighted by atomic mass is 9.76. The minimum Gasteiger partial charge on any atom is -0.102 e. The third-order valence-corrected chi connectivity index (χ3v) is 3.09. The molecular weight excluding hydrogens is 156 g/mol. The maximum atomic E-state index is 4.07. The van der Waals surface area contributed by atoms with Gasteiger partial charge < -0.3 is 0 Å². The van der Waals surface area contributed by atoms with E-state index in [0.29, 0.717) is 5.92 Å². The maximum absolute atomic E-state index is 4.07. The highest BCUT2D eigenvalue weighted by Crippen LogP contribution is 2.35. The molecule has 0 nitrogen and oxygen atoms in total. The summed E-state index contributed by atoms with van der Waals surface area (Å²) in [5.74, 6) is 1.38. The monoisotopic (exact) mass is 176 g/mol. The fourth-order valence-corrected chi connectivity index (χ4v) is 1.78. The summed E-state index contributed by atoms with van der Waals surface area (Å²) in [6, 6.07) is 0. The van der Waals surface area contributed by atoms with Gasteiger partial charge in [0.15, 0.2) is 0 Å². The summed E-state index contributed by atoms with van der Waals surface area (Å²) in [5.41, 5.74) is 2.27. The number of allylic oxidation sites excluding steroid dienone is 3. The number of hydrogen-bond donors (Lipinski definition) is 0. The van der Waals surface area contributed by atoms with Crippen LogP contribution in [-0.4, -0.2) is 0 Å². The van der Waals surface area contributed by atoms with Gasteiger partial charge in [-0.25, -0.2) is 0 Å². The lowest BCUT2D eigenvalue weighted by molar-refractivity contribution is 0.278. The van der Waals surface area contributed by atoms with Crippen LogP contribution in [0.25, 0.3) is 0 Å². The zero-order valence-electron chi connectivity index (χ0n) is 8.68. The molecule has 1 aliphatic carbocycles. The molecule has 72 valence electrons. The molecule has 0 amide bonds.